The predicted octanol–water partition coefficient (Wildman–Crippen LogP) is 3.24. The summed E-state index contributed by atoms with van der Waals surface area (Å²) in [5.74, 6) is 0.283. The van der Waals surface area contributed by atoms with Crippen LogP contribution in [0.5, 0.6) is 11.5 Å². The zero-order chi connectivity index (χ0) is 19.6. The van der Waals surface area contributed by atoms with Crippen LogP contribution in [0.1, 0.15) is 16.7 Å². The Morgan fingerprint density at radius 1 is 1.07 bits per heavy atom. The van der Waals surface area contributed by atoms with E-state index in [4.69, 9.17) is 9.47 Å². The van der Waals surface area contributed by atoms with Gasteiger partial charge >= 0.3 is 6.03 Å². The highest BCUT2D eigenvalue weighted by Gasteiger charge is 2.33. The van der Waals surface area contributed by atoms with Crippen LogP contribution in [0.4, 0.5) is 9.18 Å². The molecule has 1 saturated heterocycles. The van der Waals surface area contributed by atoms with Crippen LogP contribution < -0.4 is 14.8 Å². The van der Waals surface area contributed by atoms with Crippen molar-refractivity contribution in [1.82, 2.24) is 10.2 Å². The maximum atomic E-state index is 13.0. The number of methoxy groups -OCH3 is 2. The molecule has 3 amide bonds. The number of amides is 3. The number of nitrogens with one attached hydrogen (secondary N) is 1. The number of ether oxygens (including phenoxy) is 2. The Labute approximate surface area is 156 Å². The van der Waals surface area contributed by atoms with Crippen LogP contribution in [0.3, 0.4) is 0 Å². The van der Waals surface area contributed by atoms with E-state index in [1.165, 1.54) is 31.4 Å². The quantitative estimate of drug-likeness (QED) is 0.648. The molecule has 7 heteroatoms. The average molecular weight is 370 g/mol. The minimum absolute atomic E-state index is 0.0627. The molecule has 0 aliphatic carbocycles. The van der Waals surface area contributed by atoms with Crippen LogP contribution in [-0.2, 0) is 11.3 Å². The Morgan fingerprint density at radius 2 is 1.70 bits per heavy atom. The molecule has 0 aromatic heterocycles. The summed E-state index contributed by atoms with van der Waals surface area (Å²) in [5, 5.41) is 2.58. The first kappa shape index (κ1) is 18.4. The third-order valence-electron chi connectivity index (χ3n) is 4.29. The number of rotatable bonds is 5. The van der Waals surface area contributed by atoms with Crippen molar-refractivity contribution >= 4 is 18.0 Å². The average Bonchev–Trinajstić information content (AvgIpc) is 2.92. The van der Waals surface area contributed by atoms with Gasteiger partial charge in [0, 0.05) is 0 Å². The molecule has 2 aromatic carbocycles. The molecule has 0 unspecified atom stereocenters. The number of hydrogen-bond donors (Lipinski definition) is 1. The highest BCUT2D eigenvalue weighted by Crippen LogP contribution is 2.31. The topological polar surface area (TPSA) is 67.9 Å². The van der Waals surface area contributed by atoms with Crippen LogP contribution in [0.2, 0.25) is 0 Å². The van der Waals surface area contributed by atoms with Crippen molar-refractivity contribution in [3.8, 4) is 11.5 Å². The Kier molecular flexibility index (Phi) is 5.12. The molecule has 6 nitrogen and oxygen atoms in total. The Morgan fingerprint density at radius 3 is 2.33 bits per heavy atom. The van der Waals surface area contributed by atoms with E-state index in [-0.39, 0.29) is 18.1 Å². The van der Waals surface area contributed by atoms with Crippen LogP contribution >= 0.6 is 0 Å². The Hall–Kier alpha value is -3.35. The van der Waals surface area contributed by atoms with E-state index in [1.807, 2.05) is 6.92 Å². The van der Waals surface area contributed by atoms with Gasteiger partial charge < -0.3 is 14.8 Å². The summed E-state index contributed by atoms with van der Waals surface area (Å²) in [6, 6.07) is 8.67. The van der Waals surface area contributed by atoms with E-state index in [2.05, 4.69) is 5.32 Å². The largest absolute Gasteiger partial charge is 0.493 e. The van der Waals surface area contributed by atoms with E-state index >= 15 is 0 Å². The molecule has 1 fully saturated rings. The van der Waals surface area contributed by atoms with E-state index in [0.717, 1.165) is 16.0 Å². The summed E-state index contributed by atoms with van der Waals surface area (Å²) >= 11 is 0. The molecule has 1 aliphatic heterocycles. The summed E-state index contributed by atoms with van der Waals surface area (Å²) in [6.07, 6.45) is 1.60. The van der Waals surface area contributed by atoms with E-state index in [1.54, 1.807) is 25.3 Å². The SMILES string of the molecule is COc1cc(C)c(C=C2NC(=O)N(Cc3ccc(F)cc3)C2=O)cc1OC. The first-order valence-corrected chi connectivity index (χ1v) is 8.24. The van der Waals surface area contributed by atoms with Gasteiger partial charge in [0.15, 0.2) is 11.5 Å². The second-order valence-electron chi connectivity index (χ2n) is 6.07. The molecule has 0 saturated carbocycles. The van der Waals surface area contributed by atoms with Gasteiger partial charge in [-0.1, -0.05) is 12.1 Å². The highest BCUT2D eigenvalue weighted by atomic mass is 19.1. The van der Waals surface area contributed by atoms with E-state index in [9.17, 15) is 14.0 Å². The lowest BCUT2D eigenvalue weighted by atomic mass is 10.1. The van der Waals surface area contributed by atoms with Gasteiger partial charge in [-0.15, -0.1) is 0 Å². The van der Waals surface area contributed by atoms with Crippen molar-refractivity contribution in [2.45, 2.75) is 13.5 Å². The third-order valence-corrected chi connectivity index (χ3v) is 4.29. The number of benzene rings is 2. The van der Waals surface area contributed by atoms with Crippen molar-refractivity contribution in [2.75, 3.05) is 14.2 Å². The molecule has 1 N–H and O–H groups in total. The second-order valence-corrected chi connectivity index (χ2v) is 6.07. The van der Waals surface area contributed by atoms with Crippen LogP contribution in [-0.4, -0.2) is 31.1 Å². The van der Waals surface area contributed by atoms with E-state index < -0.39 is 11.9 Å². The number of imide groups is 1. The predicted molar refractivity (Wildman–Crippen MR) is 97.7 cm³/mol. The number of halogens is 1. The fraction of sp³-hybridized carbons (Fsp3) is 0.200. The maximum Gasteiger partial charge on any atom is 0.329 e. The zero-order valence-corrected chi connectivity index (χ0v) is 15.2. The molecule has 1 heterocycles. The molecule has 140 valence electrons. The van der Waals surface area contributed by atoms with E-state index in [0.29, 0.717) is 17.1 Å². The van der Waals surface area contributed by atoms with Crippen LogP contribution in [0, 0.1) is 12.7 Å². The van der Waals surface area contributed by atoms with Gasteiger partial charge in [-0.3, -0.25) is 9.69 Å². The van der Waals surface area contributed by atoms with Crippen LogP contribution in [0.25, 0.3) is 6.08 Å². The van der Waals surface area contributed by atoms with Gasteiger partial charge in [0.2, 0.25) is 0 Å². The summed E-state index contributed by atoms with van der Waals surface area (Å²) in [5.41, 5.74) is 2.40. The molecule has 3 rings (SSSR count). The Balaban J connectivity index is 1.87. The van der Waals surface area contributed by atoms with Crippen molar-refractivity contribution < 1.29 is 23.5 Å². The third kappa shape index (κ3) is 3.76. The number of urea groups is 1. The maximum absolute atomic E-state index is 13.0. The molecule has 27 heavy (non-hydrogen) atoms. The number of carbonyl (C=O) groups is 2. The van der Waals surface area contributed by atoms with Crippen LogP contribution in [0.15, 0.2) is 42.1 Å². The normalized spacial score (nSPS) is 15.3. The summed E-state index contributed by atoms with van der Waals surface area (Å²) in [7, 11) is 3.07. The number of aryl methyl sites for hydroxylation is 1. The lowest BCUT2D eigenvalue weighted by molar-refractivity contribution is -0.123. The van der Waals surface area contributed by atoms with Gasteiger partial charge in [0.1, 0.15) is 11.5 Å². The molecule has 0 radical (unpaired) electrons. The Bertz CT molecular complexity index is 922. The lowest BCUT2D eigenvalue weighted by Gasteiger charge is -2.12. The first-order valence-electron chi connectivity index (χ1n) is 8.24. The smallest absolute Gasteiger partial charge is 0.329 e. The molecule has 0 bridgehead atoms. The lowest BCUT2D eigenvalue weighted by Crippen LogP contribution is -2.30. The molecule has 2 aromatic rings. The van der Waals surface area contributed by atoms with Gasteiger partial charge in [0.25, 0.3) is 5.91 Å². The molecule has 1 aliphatic rings. The number of carbonyl (C=O) groups excluding carboxylic acids is 2. The molecular weight excluding hydrogens is 351 g/mol. The van der Waals surface area contributed by atoms with Gasteiger partial charge in [-0.05, 0) is 54.0 Å². The molecule has 0 atom stereocenters. The number of nitrogens with zero attached hydrogens (tertiary/aromatic N) is 1. The van der Waals surface area contributed by atoms with Gasteiger partial charge in [0.05, 0.1) is 20.8 Å². The molecular formula is C20H19FN2O4. The summed E-state index contributed by atoms with van der Waals surface area (Å²) in [6.45, 7) is 1.93. The van der Waals surface area contributed by atoms with Crippen molar-refractivity contribution in [3.05, 3.63) is 64.6 Å². The van der Waals surface area contributed by atoms with Crippen molar-refractivity contribution in [2.24, 2.45) is 0 Å². The fourth-order valence-corrected chi connectivity index (χ4v) is 2.79. The first-order chi connectivity index (χ1) is 12.9. The van der Waals surface area contributed by atoms with Gasteiger partial charge in [-0.25, -0.2) is 9.18 Å². The fourth-order valence-electron chi connectivity index (χ4n) is 2.79. The minimum Gasteiger partial charge on any atom is -0.493 e. The van der Waals surface area contributed by atoms with Crippen molar-refractivity contribution in [3.63, 3.8) is 0 Å². The summed E-state index contributed by atoms with van der Waals surface area (Å²) < 4.78 is 23.6. The second kappa shape index (κ2) is 7.49. The molecule has 0 spiro atoms. The zero-order valence-electron chi connectivity index (χ0n) is 15.2. The van der Waals surface area contributed by atoms with Crippen molar-refractivity contribution in [1.29, 1.82) is 0 Å². The minimum atomic E-state index is -0.520. The monoisotopic (exact) mass is 370 g/mol. The standard InChI is InChI=1S/C20H19FN2O4/c1-12-8-17(26-2)18(27-3)10-14(12)9-16-19(24)23(20(25)22-16)11-13-4-6-15(21)7-5-13/h4-10H,11H2,1-3H3,(H,22,25). The summed E-state index contributed by atoms with van der Waals surface area (Å²) in [4.78, 5) is 25.9. The highest BCUT2D eigenvalue weighted by molar-refractivity contribution is 6.14. The van der Waals surface area contributed by atoms with Gasteiger partial charge in [-0.2, -0.15) is 0 Å². The number of hydrogen-bond acceptors (Lipinski definition) is 4.